The lowest BCUT2D eigenvalue weighted by molar-refractivity contribution is 0.263. The van der Waals surface area contributed by atoms with Crippen molar-refractivity contribution in [1.82, 2.24) is 4.90 Å². The van der Waals surface area contributed by atoms with E-state index in [1.165, 1.54) is 11.6 Å². The van der Waals surface area contributed by atoms with Gasteiger partial charge in [-0.3, -0.25) is 0 Å². The van der Waals surface area contributed by atoms with Gasteiger partial charge in [0.15, 0.2) is 0 Å². The van der Waals surface area contributed by atoms with Crippen molar-refractivity contribution in [3.63, 3.8) is 0 Å². The summed E-state index contributed by atoms with van der Waals surface area (Å²) in [4.78, 5) is 2.20. The second kappa shape index (κ2) is 7.13. The van der Waals surface area contributed by atoms with Crippen LogP contribution in [0.4, 0.5) is 8.78 Å². The number of rotatable bonds is 2. The summed E-state index contributed by atoms with van der Waals surface area (Å²) in [5.41, 5.74) is 5.51. The van der Waals surface area contributed by atoms with Crippen LogP contribution in [-0.2, 0) is 12.8 Å². The Kier molecular flexibility index (Phi) is 5.23. The summed E-state index contributed by atoms with van der Waals surface area (Å²) in [6.07, 6.45) is 2.79. The van der Waals surface area contributed by atoms with Crippen LogP contribution in [-0.4, -0.2) is 25.5 Å². The molecule has 0 fully saturated rings. The normalized spacial score (nSPS) is 20.9. The van der Waals surface area contributed by atoms with Crippen molar-refractivity contribution in [2.75, 3.05) is 20.6 Å². The molecule has 2 aliphatic rings. The Morgan fingerprint density at radius 3 is 2.62 bits per heavy atom. The highest BCUT2D eigenvalue weighted by Crippen LogP contribution is 2.47. The molecule has 0 aliphatic heterocycles. The van der Waals surface area contributed by atoms with Crippen LogP contribution in [0.3, 0.4) is 0 Å². The lowest BCUT2D eigenvalue weighted by Gasteiger charge is -2.36. The Balaban J connectivity index is 0.00000196. The van der Waals surface area contributed by atoms with Gasteiger partial charge in [-0.1, -0.05) is 18.7 Å². The summed E-state index contributed by atoms with van der Waals surface area (Å²) in [5, 5.41) is 0. The van der Waals surface area contributed by atoms with E-state index < -0.39 is 0 Å². The Morgan fingerprint density at radius 1 is 1.12 bits per heavy atom. The average molecular weight is 376 g/mol. The maximum absolute atomic E-state index is 14.8. The maximum Gasteiger partial charge on any atom is 0.131 e. The van der Waals surface area contributed by atoms with E-state index in [0.717, 1.165) is 42.5 Å². The van der Waals surface area contributed by atoms with Crippen LogP contribution in [0.1, 0.15) is 40.2 Å². The van der Waals surface area contributed by atoms with Crippen molar-refractivity contribution in [2.24, 2.45) is 5.92 Å². The van der Waals surface area contributed by atoms with Crippen LogP contribution in [0.25, 0.3) is 5.57 Å². The van der Waals surface area contributed by atoms with Gasteiger partial charge in [-0.15, -0.1) is 12.4 Å². The molecule has 1 nitrogen and oxygen atoms in total. The van der Waals surface area contributed by atoms with Gasteiger partial charge in [0.05, 0.1) is 0 Å². The standard InChI is InChI=1S/C22H23F2N.ClH/c1-13-18-8-7-17(23)10-16(18)11-19-15(12-25(2)3)5-4-14-6-9-20(24)21(13)22(14)19;/h6-10,15,19H,1,4-5,11-12H2,2-3H3;1H. The molecule has 4 rings (SSSR count). The molecule has 0 saturated heterocycles. The first-order valence-electron chi connectivity index (χ1n) is 8.89. The van der Waals surface area contributed by atoms with Crippen LogP contribution in [0, 0.1) is 17.6 Å². The molecule has 0 aromatic heterocycles. The second-order valence-corrected chi connectivity index (χ2v) is 7.65. The van der Waals surface area contributed by atoms with E-state index in [9.17, 15) is 8.78 Å². The van der Waals surface area contributed by atoms with Gasteiger partial charge < -0.3 is 4.90 Å². The highest BCUT2D eigenvalue weighted by Gasteiger charge is 2.36. The third kappa shape index (κ3) is 3.08. The lowest BCUT2D eigenvalue weighted by Crippen LogP contribution is -2.31. The number of hydrogen-bond donors (Lipinski definition) is 0. The van der Waals surface area contributed by atoms with E-state index >= 15 is 0 Å². The SMILES string of the molecule is C=C1c2ccc(F)cc2CC2c3c(ccc(F)c31)CCC2CN(C)C.Cl. The van der Waals surface area contributed by atoms with Gasteiger partial charge in [-0.2, -0.15) is 0 Å². The monoisotopic (exact) mass is 375 g/mol. The molecule has 2 aliphatic carbocycles. The third-order valence-corrected chi connectivity index (χ3v) is 5.74. The largest absolute Gasteiger partial charge is 0.309 e. The van der Waals surface area contributed by atoms with Gasteiger partial charge in [-0.05, 0) is 91.2 Å². The minimum absolute atomic E-state index is 0. The molecular weight excluding hydrogens is 352 g/mol. The molecule has 2 atom stereocenters. The number of nitrogens with zero attached hydrogens (tertiary/aromatic N) is 1. The molecule has 0 heterocycles. The van der Waals surface area contributed by atoms with Crippen molar-refractivity contribution < 1.29 is 8.78 Å². The first kappa shape index (κ1) is 19.1. The number of benzene rings is 2. The van der Waals surface area contributed by atoms with Gasteiger partial charge in [-0.25, -0.2) is 8.78 Å². The Bertz CT molecular complexity index is 859. The van der Waals surface area contributed by atoms with Crippen LogP contribution < -0.4 is 0 Å². The first-order valence-corrected chi connectivity index (χ1v) is 8.89. The predicted octanol–water partition coefficient (Wildman–Crippen LogP) is 5.21. The van der Waals surface area contributed by atoms with E-state index in [0.29, 0.717) is 17.1 Å². The molecule has 2 aromatic carbocycles. The summed E-state index contributed by atoms with van der Waals surface area (Å²) in [6.45, 7) is 5.15. The van der Waals surface area contributed by atoms with Crippen molar-refractivity contribution in [3.8, 4) is 0 Å². The fourth-order valence-electron chi connectivity index (χ4n) is 4.72. The molecule has 2 aromatic rings. The molecule has 0 N–H and O–H groups in total. The van der Waals surface area contributed by atoms with E-state index in [1.807, 2.05) is 6.07 Å². The average Bonchev–Trinajstić information content (AvgIpc) is 2.68. The number of hydrogen-bond acceptors (Lipinski definition) is 1. The highest BCUT2D eigenvalue weighted by molar-refractivity contribution is 5.85. The Hall–Kier alpha value is -1.71. The predicted molar refractivity (Wildman–Crippen MR) is 105 cm³/mol. The van der Waals surface area contributed by atoms with Crippen molar-refractivity contribution in [1.29, 1.82) is 0 Å². The Morgan fingerprint density at radius 2 is 1.88 bits per heavy atom. The summed E-state index contributed by atoms with van der Waals surface area (Å²) in [6, 6.07) is 8.30. The van der Waals surface area contributed by atoms with E-state index in [-0.39, 0.29) is 30.0 Å². The van der Waals surface area contributed by atoms with E-state index in [1.54, 1.807) is 18.2 Å². The second-order valence-electron chi connectivity index (χ2n) is 7.65. The van der Waals surface area contributed by atoms with Crippen molar-refractivity contribution in [2.45, 2.75) is 25.2 Å². The zero-order valence-corrected chi connectivity index (χ0v) is 16.0. The Labute approximate surface area is 160 Å². The van der Waals surface area contributed by atoms with Crippen LogP contribution >= 0.6 is 12.4 Å². The van der Waals surface area contributed by atoms with E-state index in [4.69, 9.17) is 0 Å². The minimum atomic E-state index is -0.238. The molecule has 138 valence electrons. The van der Waals surface area contributed by atoms with Gasteiger partial charge in [0.2, 0.25) is 0 Å². The van der Waals surface area contributed by atoms with Crippen molar-refractivity contribution in [3.05, 3.63) is 76.4 Å². The summed E-state index contributed by atoms with van der Waals surface area (Å²) in [7, 11) is 4.15. The molecular formula is C22H24ClF2N. The number of aryl methyl sites for hydroxylation is 1. The van der Waals surface area contributed by atoms with Gasteiger partial charge in [0.1, 0.15) is 11.6 Å². The maximum atomic E-state index is 14.8. The molecule has 0 amide bonds. The number of fused-ring (bicyclic) bond motifs is 1. The summed E-state index contributed by atoms with van der Waals surface area (Å²) < 4.78 is 28.7. The van der Waals surface area contributed by atoms with Gasteiger partial charge in [0, 0.05) is 12.1 Å². The number of halogens is 3. The van der Waals surface area contributed by atoms with Crippen LogP contribution in [0.15, 0.2) is 36.9 Å². The molecule has 4 heteroatoms. The first-order chi connectivity index (χ1) is 12.0. The molecule has 2 unspecified atom stereocenters. The quantitative estimate of drug-likeness (QED) is 0.696. The molecule has 0 spiro atoms. The molecule has 0 radical (unpaired) electrons. The smallest absolute Gasteiger partial charge is 0.131 e. The van der Waals surface area contributed by atoms with Crippen molar-refractivity contribution >= 4 is 18.0 Å². The third-order valence-electron chi connectivity index (χ3n) is 5.74. The fourth-order valence-corrected chi connectivity index (χ4v) is 4.72. The lowest BCUT2D eigenvalue weighted by atomic mass is 9.71. The molecule has 0 saturated carbocycles. The molecule has 0 bridgehead atoms. The minimum Gasteiger partial charge on any atom is -0.309 e. The topological polar surface area (TPSA) is 3.24 Å². The summed E-state index contributed by atoms with van der Waals surface area (Å²) in [5.74, 6) is 0.191. The van der Waals surface area contributed by atoms with E-state index in [2.05, 4.69) is 25.6 Å². The fraction of sp³-hybridized carbons (Fsp3) is 0.364. The van der Waals surface area contributed by atoms with Crippen LogP contribution in [0.5, 0.6) is 0 Å². The van der Waals surface area contributed by atoms with Gasteiger partial charge in [0.25, 0.3) is 0 Å². The van der Waals surface area contributed by atoms with Crippen LogP contribution in [0.2, 0.25) is 0 Å². The summed E-state index contributed by atoms with van der Waals surface area (Å²) >= 11 is 0. The zero-order valence-electron chi connectivity index (χ0n) is 15.2. The zero-order chi connectivity index (χ0) is 17.7. The highest BCUT2D eigenvalue weighted by atomic mass is 35.5. The van der Waals surface area contributed by atoms with Gasteiger partial charge >= 0.3 is 0 Å². The molecule has 26 heavy (non-hydrogen) atoms.